The van der Waals surface area contributed by atoms with E-state index in [0.717, 1.165) is 11.3 Å². The number of hydrogen-bond acceptors (Lipinski definition) is 5. The molecule has 0 aliphatic heterocycles. The van der Waals surface area contributed by atoms with Gasteiger partial charge in [-0.15, -0.1) is 5.10 Å². The van der Waals surface area contributed by atoms with E-state index in [2.05, 4.69) is 10.2 Å². The smallest absolute Gasteiger partial charge is 0.322 e. The van der Waals surface area contributed by atoms with Crippen LogP contribution in [-0.4, -0.2) is 44.9 Å². The Morgan fingerprint density at radius 1 is 1.47 bits per heavy atom. The van der Waals surface area contributed by atoms with Gasteiger partial charge in [-0.2, -0.15) is 0 Å². The van der Waals surface area contributed by atoms with E-state index < -0.39 is 11.2 Å². The Balaban J connectivity index is 2.82. The molecule has 0 saturated heterocycles. The summed E-state index contributed by atoms with van der Waals surface area (Å²) in [5.41, 5.74) is 0. The van der Waals surface area contributed by atoms with Gasteiger partial charge in [-0.05, 0) is 25.2 Å². The Morgan fingerprint density at radius 3 is 2.47 bits per heavy atom. The molecule has 15 heavy (non-hydrogen) atoms. The van der Waals surface area contributed by atoms with E-state index in [1.165, 1.54) is 6.26 Å². The maximum Gasteiger partial charge on any atom is 0.322 e. The van der Waals surface area contributed by atoms with Crippen molar-refractivity contribution in [2.75, 3.05) is 19.3 Å². The molecule has 7 heteroatoms. The number of carbonyl (C=O) groups is 1. The third-order valence-corrected chi connectivity index (χ3v) is 4.12. The molecule has 0 aliphatic rings. The highest BCUT2D eigenvalue weighted by molar-refractivity contribution is 7.92. The zero-order valence-electron chi connectivity index (χ0n) is 8.89. The SMILES string of the molecule is CCN(CC)C(=O)c1nnc([S+](C)[O-])s1. The van der Waals surface area contributed by atoms with Crippen molar-refractivity contribution in [2.45, 2.75) is 18.2 Å². The molecule has 1 unspecified atom stereocenters. The minimum Gasteiger partial charge on any atom is -0.610 e. The molecular formula is C8H13N3O2S2. The molecule has 0 bridgehead atoms. The van der Waals surface area contributed by atoms with E-state index in [-0.39, 0.29) is 5.91 Å². The summed E-state index contributed by atoms with van der Waals surface area (Å²) >= 11 is -0.0731. The van der Waals surface area contributed by atoms with Gasteiger partial charge in [0.1, 0.15) is 6.26 Å². The molecule has 1 rings (SSSR count). The molecule has 0 radical (unpaired) electrons. The standard InChI is InChI=1S/C8H13N3O2S2/c1-4-11(5-2)7(12)6-9-10-8(14-6)15(3)13/h4-5H2,1-3H3. The second kappa shape index (κ2) is 5.43. The van der Waals surface area contributed by atoms with E-state index >= 15 is 0 Å². The van der Waals surface area contributed by atoms with Crippen LogP contribution in [0.15, 0.2) is 4.34 Å². The summed E-state index contributed by atoms with van der Waals surface area (Å²) in [5, 5.41) is 7.76. The fourth-order valence-electron chi connectivity index (χ4n) is 1.06. The second-order valence-corrected chi connectivity index (χ2v) is 5.34. The second-order valence-electron chi connectivity index (χ2n) is 2.80. The van der Waals surface area contributed by atoms with Gasteiger partial charge in [0, 0.05) is 24.3 Å². The van der Waals surface area contributed by atoms with Gasteiger partial charge in [0.15, 0.2) is 0 Å². The van der Waals surface area contributed by atoms with Crippen LogP contribution in [0.2, 0.25) is 0 Å². The van der Waals surface area contributed by atoms with Gasteiger partial charge >= 0.3 is 4.34 Å². The first-order valence-corrected chi connectivity index (χ1v) is 6.93. The first-order valence-electron chi connectivity index (χ1n) is 4.56. The zero-order valence-corrected chi connectivity index (χ0v) is 10.5. The fourth-order valence-corrected chi connectivity index (χ4v) is 2.47. The van der Waals surface area contributed by atoms with Gasteiger partial charge in [-0.1, -0.05) is 5.10 Å². The van der Waals surface area contributed by atoms with Crippen LogP contribution < -0.4 is 0 Å². The molecular weight excluding hydrogens is 234 g/mol. The molecule has 1 amide bonds. The molecule has 0 spiro atoms. The third-order valence-electron chi connectivity index (χ3n) is 1.89. The van der Waals surface area contributed by atoms with E-state index in [1.807, 2.05) is 13.8 Å². The molecule has 0 N–H and O–H groups in total. The number of aromatic nitrogens is 2. The van der Waals surface area contributed by atoms with Gasteiger partial charge in [0.25, 0.3) is 5.91 Å². The Morgan fingerprint density at radius 2 is 2.07 bits per heavy atom. The highest BCUT2D eigenvalue weighted by atomic mass is 32.2. The van der Waals surface area contributed by atoms with Crippen molar-refractivity contribution in [3.63, 3.8) is 0 Å². The van der Waals surface area contributed by atoms with Crippen molar-refractivity contribution in [1.82, 2.24) is 15.1 Å². The normalized spacial score (nSPS) is 12.5. The summed E-state index contributed by atoms with van der Waals surface area (Å²) in [6.07, 6.45) is 1.52. The fraction of sp³-hybridized carbons (Fsp3) is 0.625. The lowest BCUT2D eigenvalue weighted by molar-refractivity contribution is 0.0771. The number of carbonyl (C=O) groups excluding carboxylic acids is 1. The predicted molar refractivity (Wildman–Crippen MR) is 59.5 cm³/mol. The summed E-state index contributed by atoms with van der Waals surface area (Å²) < 4.78 is 11.5. The predicted octanol–water partition coefficient (Wildman–Crippen LogP) is 0.758. The molecule has 0 aromatic carbocycles. The first kappa shape index (κ1) is 12.4. The van der Waals surface area contributed by atoms with Crippen molar-refractivity contribution >= 4 is 28.4 Å². The van der Waals surface area contributed by atoms with E-state index in [9.17, 15) is 9.35 Å². The largest absolute Gasteiger partial charge is 0.610 e. The summed E-state index contributed by atoms with van der Waals surface area (Å²) in [5.74, 6) is -0.144. The number of nitrogens with zero attached hydrogens (tertiary/aromatic N) is 3. The minimum absolute atomic E-state index is 0.144. The van der Waals surface area contributed by atoms with E-state index in [0.29, 0.717) is 22.4 Å². The maximum absolute atomic E-state index is 11.8. The van der Waals surface area contributed by atoms with Crippen molar-refractivity contribution < 1.29 is 9.35 Å². The van der Waals surface area contributed by atoms with Gasteiger partial charge in [-0.25, -0.2) is 0 Å². The Hall–Kier alpha value is -0.660. The Bertz CT molecular complexity index is 336. The number of rotatable bonds is 4. The summed E-state index contributed by atoms with van der Waals surface area (Å²) in [4.78, 5) is 13.4. The van der Waals surface area contributed by atoms with Gasteiger partial charge < -0.3 is 9.45 Å². The van der Waals surface area contributed by atoms with Crippen molar-refractivity contribution in [2.24, 2.45) is 0 Å². The average Bonchev–Trinajstić information content (AvgIpc) is 2.68. The lowest BCUT2D eigenvalue weighted by atomic mass is 10.5. The summed E-state index contributed by atoms with van der Waals surface area (Å²) in [6, 6.07) is 0. The zero-order chi connectivity index (χ0) is 11.4. The third kappa shape index (κ3) is 2.90. The Labute approximate surface area is 95.7 Å². The molecule has 5 nitrogen and oxygen atoms in total. The first-order chi connectivity index (χ1) is 7.10. The minimum atomic E-state index is -1.17. The summed E-state index contributed by atoms with van der Waals surface area (Å²) in [6.45, 7) is 5.08. The lowest BCUT2D eigenvalue weighted by Crippen LogP contribution is -2.30. The number of hydrogen-bond donors (Lipinski definition) is 0. The van der Waals surface area contributed by atoms with Crippen molar-refractivity contribution in [3.8, 4) is 0 Å². The van der Waals surface area contributed by atoms with Crippen LogP contribution in [0.4, 0.5) is 0 Å². The van der Waals surface area contributed by atoms with E-state index in [4.69, 9.17) is 0 Å². The monoisotopic (exact) mass is 247 g/mol. The van der Waals surface area contributed by atoms with E-state index in [1.54, 1.807) is 4.90 Å². The molecule has 0 aliphatic carbocycles. The quantitative estimate of drug-likeness (QED) is 0.736. The van der Waals surface area contributed by atoms with Gasteiger partial charge in [-0.3, -0.25) is 4.79 Å². The highest BCUT2D eigenvalue weighted by Crippen LogP contribution is 2.16. The maximum atomic E-state index is 11.8. The lowest BCUT2D eigenvalue weighted by Gasteiger charge is -2.15. The molecule has 84 valence electrons. The van der Waals surface area contributed by atoms with Crippen LogP contribution in [0.3, 0.4) is 0 Å². The van der Waals surface area contributed by atoms with Gasteiger partial charge in [0.05, 0.1) is 0 Å². The van der Waals surface area contributed by atoms with Crippen molar-refractivity contribution in [1.29, 1.82) is 0 Å². The molecule has 0 saturated carbocycles. The molecule has 1 atom stereocenters. The molecule has 1 aromatic rings. The highest BCUT2D eigenvalue weighted by Gasteiger charge is 2.21. The van der Waals surface area contributed by atoms with Crippen LogP contribution in [-0.2, 0) is 11.2 Å². The average molecular weight is 247 g/mol. The topological polar surface area (TPSA) is 69.2 Å². The van der Waals surface area contributed by atoms with Crippen LogP contribution >= 0.6 is 11.3 Å². The Kier molecular flexibility index (Phi) is 4.49. The van der Waals surface area contributed by atoms with Crippen LogP contribution in [0.5, 0.6) is 0 Å². The molecule has 1 heterocycles. The van der Waals surface area contributed by atoms with Crippen molar-refractivity contribution in [3.05, 3.63) is 5.01 Å². The van der Waals surface area contributed by atoms with Crippen LogP contribution in [0, 0.1) is 0 Å². The molecule has 1 aromatic heterocycles. The number of amides is 1. The van der Waals surface area contributed by atoms with Crippen LogP contribution in [0.25, 0.3) is 0 Å². The van der Waals surface area contributed by atoms with Gasteiger partial charge in [0.2, 0.25) is 5.01 Å². The molecule has 0 fully saturated rings. The summed E-state index contributed by atoms with van der Waals surface area (Å²) in [7, 11) is 0. The van der Waals surface area contributed by atoms with Crippen LogP contribution in [0.1, 0.15) is 23.6 Å².